The number of nitrogens with one attached hydrogen (secondary N) is 1. The van der Waals surface area contributed by atoms with Crippen LogP contribution in [0.2, 0.25) is 0 Å². The van der Waals surface area contributed by atoms with Crippen LogP contribution in [0.15, 0.2) is 29.2 Å². The Morgan fingerprint density at radius 1 is 1.35 bits per heavy atom. The molecule has 23 heavy (non-hydrogen) atoms. The SMILES string of the molecule is CC(C)OC(=O)[C@H](CCBr)NS(=O)(=O)c1ccc([N+](=O)[O-])cc1. The molecular weight excluding hydrogens is 392 g/mol. The number of alkyl halides is 1. The third-order valence-electron chi connectivity index (χ3n) is 2.69. The fourth-order valence-corrected chi connectivity index (χ4v) is 3.33. The Hall–Kier alpha value is -1.52. The number of hydrogen-bond acceptors (Lipinski definition) is 6. The zero-order chi connectivity index (χ0) is 17.6. The first-order valence-electron chi connectivity index (χ1n) is 6.70. The highest BCUT2D eigenvalue weighted by molar-refractivity contribution is 9.09. The molecule has 1 N–H and O–H groups in total. The number of non-ortho nitro benzene ring substituents is 1. The molecule has 128 valence electrons. The molecule has 0 fully saturated rings. The fraction of sp³-hybridized carbons (Fsp3) is 0.462. The smallest absolute Gasteiger partial charge is 0.324 e. The number of halogens is 1. The molecule has 0 amide bonds. The standard InChI is InChI=1S/C13H17BrN2O6S/c1-9(2)22-13(17)12(7-8-14)15-23(20,21)11-5-3-10(4-6-11)16(18)19/h3-6,9,12,15H,7-8H2,1-2H3/t12-/m0/s1. The number of sulfonamides is 1. The topological polar surface area (TPSA) is 116 Å². The van der Waals surface area contributed by atoms with Gasteiger partial charge in [0.25, 0.3) is 5.69 Å². The predicted octanol–water partition coefficient (Wildman–Crippen LogP) is 1.98. The average Bonchev–Trinajstić information content (AvgIpc) is 2.46. The number of benzene rings is 1. The minimum Gasteiger partial charge on any atom is -0.462 e. The number of nitrogens with zero attached hydrogens (tertiary/aromatic N) is 1. The first-order valence-corrected chi connectivity index (χ1v) is 9.31. The normalized spacial score (nSPS) is 12.9. The van der Waals surface area contributed by atoms with Crippen LogP contribution in [0.25, 0.3) is 0 Å². The van der Waals surface area contributed by atoms with Crippen molar-refractivity contribution in [2.45, 2.75) is 37.3 Å². The van der Waals surface area contributed by atoms with E-state index >= 15 is 0 Å². The molecule has 1 atom stereocenters. The summed E-state index contributed by atoms with van der Waals surface area (Å²) >= 11 is 3.16. The van der Waals surface area contributed by atoms with Gasteiger partial charge in [-0.05, 0) is 32.4 Å². The van der Waals surface area contributed by atoms with Crippen LogP contribution in [0.3, 0.4) is 0 Å². The molecule has 0 heterocycles. The quantitative estimate of drug-likeness (QED) is 0.304. The monoisotopic (exact) mass is 408 g/mol. The van der Waals surface area contributed by atoms with E-state index in [9.17, 15) is 23.3 Å². The Morgan fingerprint density at radius 3 is 2.35 bits per heavy atom. The number of nitro groups is 1. The molecule has 1 aromatic carbocycles. The number of carbonyl (C=O) groups excluding carboxylic acids is 1. The van der Waals surface area contributed by atoms with E-state index in [-0.39, 0.29) is 23.1 Å². The molecular formula is C13H17BrN2O6S. The Morgan fingerprint density at radius 2 is 1.91 bits per heavy atom. The van der Waals surface area contributed by atoms with Crippen molar-refractivity contribution in [2.24, 2.45) is 0 Å². The summed E-state index contributed by atoms with van der Waals surface area (Å²) < 4.78 is 31.9. The average molecular weight is 409 g/mol. The molecule has 0 aromatic heterocycles. The lowest BCUT2D eigenvalue weighted by atomic mass is 10.2. The van der Waals surface area contributed by atoms with Crippen LogP contribution in [-0.4, -0.2) is 36.8 Å². The zero-order valence-corrected chi connectivity index (χ0v) is 15.0. The number of carbonyl (C=O) groups is 1. The molecule has 8 nitrogen and oxygen atoms in total. The largest absolute Gasteiger partial charge is 0.462 e. The van der Waals surface area contributed by atoms with Gasteiger partial charge in [-0.3, -0.25) is 14.9 Å². The zero-order valence-electron chi connectivity index (χ0n) is 12.6. The van der Waals surface area contributed by atoms with Gasteiger partial charge in [0.2, 0.25) is 10.0 Å². The van der Waals surface area contributed by atoms with Crippen LogP contribution in [-0.2, 0) is 19.6 Å². The van der Waals surface area contributed by atoms with Crippen LogP contribution in [0.5, 0.6) is 0 Å². The Bertz CT molecular complexity index is 660. The van der Waals surface area contributed by atoms with Gasteiger partial charge >= 0.3 is 5.97 Å². The van der Waals surface area contributed by atoms with Crippen molar-refractivity contribution < 1.29 is 22.9 Å². The second-order valence-electron chi connectivity index (χ2n) is 4.89. The van der Waals surface area contributed by atoms with Crippen LogP contribution >= 0.6 is 15.9 Å². The first kappa shape index (κ1) is 19.5. The summed E-state index contributed by atoms with van der Waals surface area (Å²) in [4.78, 5) is 21.7. The van der Waals surface area contributed by atoms with Crippen LogP contribution in [0.1, 0.15) is 20.3 Å². The van der Waals surface area contributed by atoms with Gasteiger partial charge in [0, 0.05) is 17.5 Å². The maximum Gasteiger partial charge on any atom is 0.324 e. The number of rotatable bonds is 8. The molecule has 10 heteroatoms. The Labute approximate surface area is 142 Å². The molecule has 0 aliphatic carbocycles. The Balaban J connectivity index is 2.96. The minimum absolute atomic E-state index is 0.167. The van der Waals surface area contributed by atoms with Gasteiger partial charge in [-0.15, -0.1) is 0 Å². The summed E-state index contributed by atoms with van der Waals surface area (Å²) in [5.41, 5.74) is -0.222. The van der Waals surface area contributed by atoms with E-state index in [1.165, 1.54) is 0 Å². The number of hydrogen-bond donors (Lipinski definition) is 1. The second-order valence-corrected chi connectivity index (χ2v) is 7.40. The van der Waals surface area contributed by atoms with Crippen molar-refractivity contribution in [3.63, 3.8) is 0 Å². The van der Waals surface area contributed by atoms with Crippen LogP contribution in [0, 0.1) is 10.1 Å². The summed E-state index contributed by atoms with van der Waals surface area (Å²) in [6, 6.07) is 3.34. The van der Waals surface area contributed by atoms with Crippen molar-refractivity contribution >= 4 is 37.6 Å². The van der Waals surface area contributed by atoms with Gasteiger partial charge < -0.3 is 4.74 Å². The number of esters is 1. The molecule has 0 aliphatic rings. The van der Waals surface area contributed by atoms with E-state index in [0.717, 1.165) is 24.3 Å². The highest BCUT2D eigenvalue weighted by atomic mass is 79.9. The summed E-state index contributed by atoms with van der Waals surface area (Å²) in [5.74, 6) is -0.676. The molecule has 0 saturated carbocycles. The molecule has 1 aromatic rings. The summed E-state index contributed by atoms with van der Waals surface area (Å²) in [6.07, 6.45) is -0.165. The molecule has 0 bridgehead atoms. The number of nitro benzene ring substituents is 1. The lowest BCUT2D eigenvalue weighted by molar-refractivity contribution is -0.384. The van der Waals surface area contributed by atoms with E-state index < -0.39 is 27.0 Å². The van der Waals surface area contributed by atoms with Crippen molar-refractivity contribution in [1.29, 1.82) is 0 Å². The van der Waals surface area contributed by atoms with E-state index in [1.807, 2.05) is 0 Å². The lowest BCUT2D eigenvalue weighted by Crippen LogP contribution is -2.42. The molecule has 0 saturated heterocycles. The van der Waals surface area contributed by atoms with Gasteiger partial charge in [0.15, 0.2) is 0 Å². The highest BCUT2D eigenvalue weighted by Crippen LogP contribution is 2.16. The molecule has 0 aliphatic heterocycles. The predicted molar refractivity (Wildman–Crippen MR) is 86.8 cm³/mol. The Kier molecular flexibility index (Phi) is 7.10. The van der Waals surface area contributed by atoms with Gasteiger partial charge in [-0.1, -0.05) is 15.9 Å². The van der Waals surface area contributed by atoms with Crippen molar-refractivity contribution in [3.05, 3.63) is 34.4 Å². The van der Waals surface area contributed by atoms with E-state index in [2.05, 4.69) is 20.7 Å². The van der Waals surface area contributed by atoms with Gasteiger partial charge in [-0.25, -0.2) is 8.42 Å². The summed E-state index contributed by atoms with van der Waals surface area (Å²) in [7, 11) is -4.00. The van der Waals surface area contributed by atoms with E-state index in [4.69, 9.17) is 4.74 Å². The van der Waals surface area contributed by atoms with Crippen LogP contribution in [0.4, 0.5) is 5.69 Å². The van der Waals surface area contributed by atoms with E-state index in [1.54, 1.807) is 13.8 Å². The third-order valence-corrected chi connectivity index (χ3v) is 4.63. The second kappa shape index (κ2) is 8.37. The van der Waals surface area contributed by atoms with Gasteiger partial charge in [0.1, 0.15) is 6.04 Å². The van der Waals surface area contributed by atoms with Crippen molar-refractivity contribution in [1.82, 2.24) is 4.72 Å². The minimum atomic E-state index is -4.00. The molecule has 0 radical (unpaired) electrons. The van der Waals surface area contributed by atoms with Crippen molar-refractivity contribution in [3.8, 4) is 0 Å². The third kappa shape index (κ3) is 5.88. The number of ether oxygens (including phenoxy) is 1. The lowest BCUT2D eigenvalue weighted by Gasteiger charge is -2.18. The highest BCUT2D eigenvalue weighted by Gasteiger charge is 2.27. The molecule has 1 rings (SSSR count). The first-order chi connectivity index (χ1) is 10.7. The maximum absolute atomic E-state index is 12.3. The van der Waals surface area contributed by atoms with E-state index in [0.29, 0.717) is 5.33 Å². The maximum atomic E-state index is 12.3. The van der Waals surface area contributed by atoms with Crippen molar-refractivity contribution in [2.75, 3.05) is 5.33 Å². The van der Waals surface area contributed by atoms with Gasteiger partial charge in [0.05, 0.1) is 15.9 Å². The molecule has 0 spiro atoms. The summed E-state index contributed by atoms with van der Waals surface area (Å²) in [5, 5.41) is 11.0. The van der Waals surface area contributed by atoms with Crippen LogP contribution < -0.4 is 4.72 Å². The molecule has 0 unspecified atom stereocenters. The summed E-state index contributed by atoms with van der Waals surface area (Å²) in [6.45, 7) is 3.32. The van der Waals surface area contributed by atoms with Gasteiger partial charge in [-0.2, -0.15) is 4.72 Å². The fourth-order valence-electron chi connectivity index (χ4n) is 1.65.